The Kier molecular flexibility index (Phi) is 8.77. The van der Waals surface area contributed by atoms with Crippen molar-refractivity contribution in [3.05, 3.63) is 82.9 Å². The van der Waals surface area contributed by atoms with Gasteiger partial charge in [0.2, 0.25) is 0 Å². The Balaban J connectivity index is 1.39. The van der Waals surface area contributed by atoms with Crippen LogP contribution in [0.25, 0.3) is 0 Å². The number of urea groups is 1. The maximum atomic E-state index is 14.6. The third-order valence-corrected chi connectivity index (χ3v) is 7.51. The number of aromatic nitrogens is 1. The van der Waals surface area contributed by atoms with Crippen molar-refractivity contribution < 1.29 is 22.4 Å². The fourth-order valence-electron chi connectivity index (χ4n) is 3.84. The van der Waals surface area contributed by atoms with Crippen LogP contribution < -0.4 is 26.0 Å². The SMILES string of the molecule is O=C(NCc1cccnc1)Nc1ccc(NS(=O)(=O)c2cc(C(=O)NCC3CCCN3)c(Cl)cc2F)cc1. The van der Waals surface area contributed by atoms with E-state index in [1.165, 1.54) is 24.3 Å². The molecule has 0 saturated carbocycles. The van der Waals surface area contributed by atoms with Gasteiger partial charge in [0.25, 0.3) is 15.9 Å². The molecule has 1 aliphatic heterocycles. The molecule has 1 saturated heterocycles. The molecule has 2 aromatic carbocycles. The third kappa shape index (κ3) is 7.18. The topological polar surface area (TPSA) is 141 Å². The molecular weight excluding hydrogens is 535 g/mol. The number of nitrogens with zero attached hydrogens (tertiary/aromatic N) is 1. The Morgan fingerprint density at radius 2 is 1.87 bits per heavy atom. The number of nitrogens with one attached hydrogen (secondary N) is 5. The maximum absolute atomic E-state index is 14.6. The van der Waals surface area contributed by atoms with Crippen molar-refractivity contribution in [2.45, 2.75) is 30.3 Å². The van der Waals surface area contributed by atoms with Crippen LogP contribution >= 0.6 is 11.6 Å². The molecule has 0 aliphatic carbocycles. The van der Waals surface area contributed by atoms with Gasteiger partial charge in [-0.05, 0) is 67.4 Å². The largest absolute Gasteiger partial charge is 0.350 e. The van der Waals surface area contributed by atoms with Crippen molar-refractivity contribution in [3.63, 3.8) is 0 Å². The smallest absolute Gasteiger partial charge is 0.319 e. The zero-order valence-electron chi connectivity index (χ0n) is 20.1. The second-order valence-corrected chi connectivity index (χ2v) is 10.7. The number of benzene rings is 2. The maximum Gasteiger partial charge on any atom is 0.319 e. The molecule has 10 nitrogen and oxygen atoms in total. The van der Waals surface area contributed by atoms with Crippen LogP contribution in [0.4, 0.5) is 20.6 Å². The number of rotatable bonds is 9. The summed E-state index contributed by atoms with van der Waals surface area (Å²) < 4.78 is 42.8. The predicted molar refractivity (Wildman–Crippen MR) is 142 cm³/mol. The molecule has 1 aromatic heterocycles. The number of amides is 3. The lowest BCUT2D eigenvalue weighted by Gasteiger charge is -2.14. The van der Waals surface area contributed by atoms with E-state index in [0.717, 1.165) is 37.1 Å². The first-order chi connectivity index (χ1) is 18.2. The molecule has 200 valence electrons. The lowest BCUT2D eigenvalue weighted by molar-refractivity contribution is 0.0950. The molecule has 0 radical (unpaired) electrons. The Morgan fingerprint density at radius 3 is 2.55 bits per heavy atom. The van der Waals surface area contributed by atoms with E-state index in [1.807, 2.05) is 6.07 Å². The second kappa shape index (κ2) is 12.2. The lowest BCUT2D eigenvalue weighted by atomic mass is 10.2. The molecule has 2 heterocycles. The highest BCUT2D eigenvalue weighted by Gasteiger charge is 2.24. The van der Waals surface area contributed by atoms with E-state index >= 15 is 0 Å². The van der Waals surface area contributed by atoms with Crippen molar-refractivity contribution in [3.8, 4) is 0 Å². The molecule has 1 aliphatic rings. The molecule has 3 amide bonds. The van der Waals surface area contributed by atoms with Gasteiger partial charge in [0.15, 0.2) is 0 Å². The van der Waals surface area contributed by atoms with Crippen molar-refractivity contribution in [1.82, 2.24) is 20.9 Å². The van der Waals surface area contributed by atoms with Crippen LogP contribution in [0.1, 0.15) is 28.8 Å². The van der Waals surface area contributed by atoms with Gasteiger partial charge in [-0.15, -0.1) is 0 Å². The summed E-state index contributed by atoms with van der Waals surface area (Å²) in [6, 6.07) is 10.7. The summed E-state index contributed by atoms with van der Waals surface area (Å²) in [5.41, 5.74) is 1.21. The molecule has 1 unspecified atom stereocenters. The number of sulfonamides is 1. The minimum Gasteiger partial charge on any atom is -0.350 e. The molecule has 0 bridgehead atoms. The van der Waals surface area contributed by atoms with Crippen molar-refractivity contribution >= 4 is 44.9 Å². The van der Waals surface area contributed by atoms with Gasteiger partial charge < -0.3 is 21.3 Å². The number of hydrogen-bond donors (Lipinski definition) is 5. The van der Waals surface area contributed by atoms with E-state index in [9.17, 15) is 22.4 Å². The molecule has 5 N–H and O–H groups in total. The quantitative estimate of drug-likeness (QED) is 0.271. The first kappa shape index (κ1) is 27.3. The van der Waals surface area contributed by atoms with Crippen LogP contribution in [0.2, 0.25) is 5.02 Å². The number of anilines is 2. The summed E-state index contributed by atoms with van der Waals surface area (Å²) in [5.74, 6) is -1.70. The van der Waals surface area contributed by atoms with E-state index < -0.39 is 32.7 Å². The fourth-order valence-corrected chi connectivity index (χ4v) is 5.22. The monoisotopic (exact) mass is 560 g/mol. The first-order valence-corrected chi connectivity index (χ1v) is 13.6. The van der Waals surface area contributed by atoms with E-state index in [1.54, 1.807) is 18.5 Å². The minimum absolute atomic E-state index is 0.118. The summed E-state index contributed by atoms with van der Waals surface area (Å²) in [6.07, 6.45) is 5.17. The zero-order chi connectivity index (χ0) is 27.1. The van der Waals surface area contributed by atoms with Crippen molar-refractivity contribution in [2.24, 2.45) is 0 Å². The van der Waals surface area contributed by atoms with Gasteiger partial charge in [-0.3, -0.25) is 14.5 Å². The average Bonchev–Trinajstić information content (AvgIpc) is 3.41. The van der Waals surface area contributed by atoms with Crippen molar-refractivity contribution in [1.29, 1.82) is 0 Å². The van der Waals surface area contributed by atoms with Crippen LogP contribution in [-0.2, 0) is 16.6 Å². The number of carbonyl (C=O) groups excluding carboxylic acids is 2. The van der Waals surface area contributed by atoms with Gasteiger partial charge in [-0.1, -0.05) is 17.7 Å². The highest BCUT2D eigenvalue weighted by atomic mass is 35.5. The van der Waals surface area contributed by atoms with Crippen LogP contribution in [0.3, 0.4) is 0 Å². The summed E-state index contributed by atoms with van der Waals surface area (Å²) >= 11 is 6.04. The molecule has 1 atom stereocenters. The average molecular weight is 561 g/mol. The van der Waals surface area contributed by atoms with Gasteiger partial charge in [0.05, 0.1) is 10.6 Å². The molecular formula is C25H26ClFN6O4S. The highest BCUT2D eigenvalue weighted by Crippen LogP contribution is 2.26. The number of pyridine rings is 1. The first-order valence-electron chi connectivity index (χ1n) is 11.8. The normalized spacial score (nSPS) is 15.1. The Morgan fingerprint density at radius 1 is 1.11 bits per heavy atom. The number of carbonyl (C=O) groups is 2. The van der Waals surface area contributed by atoms with Crippen LogP contribution in [0, 0.1) is 5.82 Å². The van der Waals surface area contributed by atoms with Crippen LogP contribution in [0.15, 0.2) is 65.8 Å². The van der Waals surface area contributed by atoms with E-state index in [4.69, 9.17) is 11.6 Å². The molecule has 38 heavy (non-hydrogen) atoms. The summed E-state index contributed by atoms with van der Waals surface area (Å²) in [5, 5.41) is 11.1. The summed E-state index contributed by atoms with van der Waals surface area (Å²) in [6.45, 7) is 1.48. The summed E-state index contributed by atoms with van der Waals surface area (Å²) in [4.78, 5) is 28.0. The Labute approximate surface area is 224 Å². The van der Waals surface area contributed by atoms with Crippen LogP contribution in [0.5, 0.6) is 0 Å². The van der Waals surface area contributed by atoms with Crippen LogP contribution in [-0.4, -0.2) is 44.5 Å². The Bertz CT molecular complexity index is 1400. The van der Waals surface area contributed by atoms with E-state index in [2.05, 4.69) is 31.0 Å². The standard InChI is InChI=1S/C25H26ClFN6O4S/c26-21-12-22(27)23(11-20(21)24(34)30-15-19-4-2-10-29-19)38(36,37)33-18-7-5-17(6-8-18)32-25(35)31-14-16-3-1-9-28-13-16/h1,3,5-9,11-13,19,29,33H,2,4,10,14-15H2,(H,30,34)(H2,31,32,35). The van der Waals surface area contributed by atoms with Crippen molar-refractivity contribution in [2.75, 3.05) is 23.1 Å². The third-order valence-electron chi connectivity index (χ3n) is 5.80. The molecule has 4 rings (SSSR count). The molecule has 1 fully saturated rings. The van der Waals surface area contributed by atoms with Gasteiger partial charge in [-0.2, -0.15) is 0 Å². The van der Waals surface area contributed by atoms with Gasteiger partial charge in [0.1, 0.15) is 10.7 Å². The Hall–Kier alpha value is -3.74. The molecule has 0 spiro atoms. The number of hydrogen-bond acceptors (Lipinski definition) is 6. The van der Waals surface area contributed by atoms with Gasteiger partial charge in [0, 0.05) is 42.9 Å². The molecule has 13 heteroatoms. The fraction of sp³-hybridized carbons (Fsp3) is 0.240. The predicted octanol–water partition coefficient (Wildman–Crippen LogP) is 3.48. The van der Waals surface area contributed by atoms with E-state index in [0.29, 0.717) is 12.2 Å². The number of halogens is 2. The van der Waals surface area contributed by atoms with Gasteiger partial charge in [-0.25, -0.2) is 17.6 Å². The lowest BCUT2D eigenvalue weighted by Crippen LogP contribution is -2.37. The summed E-state index contributed by atoms with van der Waals surface area (Å²) in [7, 11) is -4.40. The highest BCUT2D eigenvalue weighted by molar-refractivity contribution is 7.92. The van der Waals surface area contributed by atoms with E-state index in [-0.39, 0.29) is 28.9 Å². The molecule has 3 aromatic rings. The minimum atomic E-state index is -4.40. The van der Waals surface area contributed by atoms with Gasteiger partial charge >= 0.3 is 6.03 Å². The second-order valence-electron chi connectivity index (χ2n) is 8.62. The zero-order valence-corrected chi connectivity index (χ0v) is 21.7.